The molecule has 1 heterocycles. The van der Waals surface area contributed by atoms with Gasteiger partial charge in [-0.15, -0.1) is 0 Å². The summed E-state index contributed by atoms with van der Waals surface area (Å²) in [5.41, 5.74) is 1.72. The van der Waals surface area contributed by atoms with Crippen LogP contribution in [0.25, 0.3) is 11.4 Å². The third-order valence-electron chi connectivity index (χ3n) is 3.95. The number of likely N-dealkylation sites (N-methyl/N-ethyl adjacent to an activating group) is 1. The van der Waals surface area contributed by atoms with Crippen LogP contribution < -0.4 is 10.6 Å². The summed E-state index contributed by atoms with van der Waals surface area (Å²) in [4.78, 5) is 23.5. The summed E-state index contributed by atoms with van der Waals surface area (Å²) in [6, 6.07) is 16.9. The molecule has 0 unspecified atom stereocenters. The lowest BCUT2D eigenvalue weighted by Crippen LogP contribution is -2.32. The van der Waals surface area contributed by atoms with Crippen molar-refractivity contribution < 1.29 is 9.18 Å². The predicted octanol–water partition coefficient (Wildman–Crippen LogP) is 3.32. The molecule has 1 aromatic heterocycles. The Labute approximate surface area is 163 Å². The van der Waals surface area contributed by atoms with Crippen LogP contribution in [0, 0.1) is 5.82 Å². The van der Waals surface area contributed by atoms with Crippen LogP contribution in [-0.2, 0) is 0 Å². The third kappa shape index (κ3) is 5.34. The molecule has 144 valence electrons. The third-order valence-corrected chi connectivity index (χ3v) is 3.95. The molecule has 3 aromatic rings. The molecule has 28 heavy (non-hydrogen) atoms. The summed E-state index contributed by atoms with van der Waals surface area (Å²) in [7, 11) is 3.88. The number of nitrogens with one attached hydrogen (secondary N) is 2. The molecular formula is C21H22FN5O. The smallest absolute Gasteiger partial charge is 0.270 e. The number of anilines is 2. The van der Waals surface area contributed by atoms with Crippen molar-refractivity contribution in [2.24, 2.45) is 0 Å². The van der Waals surface area contributed by atoms with Crippen LogP contribution in [0.1, 0.15) is 10.5 Å². The minimum atomic E-state index is -0.320. The second kappa shape index (κ2) is 9.05. The maximum atomic E-state index is 13.1. The number of aromatic nitrogens is 2. The lowest BCUT2D eigenvalue weighted by Gasteiger charge is -2.12. The van der Waals surface area contributed by atoms with Crippen LogP contribution in [0.3, 0.4) is 0 Å². The lowest BCUT2D eigenvalue weighted by atomic mass is 10.2. The van der Waals surface area contributed by atoms with Gasteiger partial charge in [0, 0.05) is 30.4 Å². The molecule has 6 nitrogen and oxygen atoms in total. The fraction of sp³-hybridized carbons (Fsp3) is 0.190. The van der Waals surface area contributed by atoms with E-state index in [4.69, 9.17) is 0 Å². The number of rotatable bonds is 7. The van der Waals surface area contributed by atoms with Crippen LogP contribution in [0.15, 0.2) is 60.7 Å². The summed E-state index contributed by atoms with van der Waals surface area (Å²) in [5.74, 6) is 0.298. The molecule has 0 fully saturated rings. The molecule has 0 atom stereocenters. The van der Waals surface area contributed by atoms with Crippen molar-refractivity contribution in [3.63, 3.8) is 0 Å². The molecule has 2 N–H and O–H groups in total. The number of benzene rings is 2. The summed E-state index contributed by atoms with van der Waals surface area (Å²) in [5, 5.41) is 5.96. The van der Waals surface area contributed by atoms with Crippen LogP contribution >= 0.6 is 0 Å². The first-order valence-corrected chi connectivity index (χ1v) is 8.91. The minimum absolute atomic E-state index is 0.261. The van der Waals surface area contributed by atoms with Crippen molar-refractivity contribution in [3.05, 3.63) is 72.2 Å². The lowest BCUT2D eigenvalue weighted by molar-refractivity contribution is 0.0946. The molecule has 7 heteroatoms. The minimum Gasteiger partial charge on any atom is -0.349 e. The monoisotopic (exact) mass is 379 g/mol. The van der Waals surface area contributed by atoms with Crippen LogP contribution in [0.2, 0.25) is 0 Å². The van der Waals surface area contributed by atoms with Crippen LogP contribution in [0.5, 0.6) is 0 Å². The van der Waals surface area contributed by atoms with Crippen molar-refractivity contribution in [1.82, 2.24) is 20.2 Å². The Bertz CT molecular complexity index is 929. The molecule has 0 aliphatic heterocycles. The quantitative estimate of drug-likeness (QED) is 0.659. The van der Waals surface area contributed by atoms with E-state index >= 15 is 0 Å². The molecule has 1 amide bonds. The van der Waals surface area contributed by atoms with Crippen molar-refractivity contribution in [1.29, 1.82) is 0 Å². The van der Waals surface area contributed by atoms with Gasteiger partial charge < -0.3 is 15.5 Å². The zero-order valence-electron chi connectivity index (χ0n) is 15.8. The van der Waals surface area contributed by atoms with Gasteiger partial charge in [-0.05, 0) is 38.4 Å². The number of halogens is 1. The van der Waals surface area contributed by atoms with Gasteiger partial charge in [-0.1, -0.05) is 30.3 Å². The predicted molar refractivity (Wildman–Crippen MR) is 108 cm³/mol. The number of amides is 1. The van der Waals surface area contributed by atoms with E-state index in [0.29, 0.717) is 23.9 Å². The average molecular weight is 379 g/mol. The van der Waals surface area contributed by atoms with Crippen molar-refractivity contribution in [2.45, 2.75) is 0 Å². The summed E-state index contributed by atoms with van der Waals surface area (Å²) < 4.78 is 13.1. The van der Waals surface area contributed by atoms with Gasteiger partial charge in [0.15, 0.2) is 5.82 Å². The highest BCUT2D eigenvalue weighted by atomic mass is 19.1. The van der Waals surface area contributed by atoms with E-state index in [2.05, 4.69) is 20.6 Å². The maximum absolute atomic E-state index is 13.1. The first-order chi connectivity index (χ1) is 13.5. The Morgan fingerprint density at radius 3 is 2.43 bits per heavy atom. The Morgan fingerprint density at radius 2 is 1.75 bits per heavy atom. The number of hydrogen-bond donors (Lipinski definition) is 2. The van der Waals surface area contributed by atoms with E-state index in [1.165, 1.54) is 12.1 Å². The van der Waals surface area contributed by atoms with Crippen LogP contribution in [0.4, 0.5) is 15.9 Å². The number of carbonyl (C=O) groups excluding carboxylic acids is 1. The summed E-state index contributed by atoms with van der Waals surface area (Å²) >= 11 is 0. The molecule has 0 spiro atoms. The molecule has 0 radical (unpaired) electrons. The maximum Gasteiger partial charge on any atom is 0.270 e. The SMILES string of the molecule is CN(C)CCNC(=O)c1cc(Nc2ccc(F)cc2)nc(-c2ccccc2)n1. The van der Waals surface area contributed by atoms with Gasteiger partial charge in [0.1, 0.15) is 17.3 Å². The highest BCUT2D eigenvalue weighted by Gasteiger charge is 2.13. The van der Waals surface area contributed by atoms with E-state index < -0.39 is 0 Å². The van der Waals surface area contributed by atoms with Gasteiger partial charge in [0.2, 0.25) is 0 Å². The topological polar surface area (TPSA) is 70.2 Å². The van der Waals surface area contributed by atoms with Gasteiger partial charge in [-0.3, -0.25) is 4.79 Å². The van der Waals surface area contributed by atoms with Crippen molar-refractivity contribution >= 4 is 17.4 Å². The Kier molecular flexibility index (Phi) is 6.29. The van der Waals surface area contributed by atoms with Gasteiger partial charge in [0.05, 0.1) is 0 Å². The average Bonchev–Trinajstić information content (AvgIpc) is 2.70. The van der Waals surface area contributed by atoms with Gasteiger partial charge >= 0.3 is 0 Å². The van der Waals surface area contributed by atoms with E-state index in [1.54, 1.807) is 18.2 Å². The molecule has 0 saturated heterocycles. The van der Waals surface area contributed by atoms with E-state index in [0.717, 1.165) is 12.1 Å². The van der Waals surface area contributed by atoms with Crippen molar-refractivity contribution in [2.75, 3.05) is 32.5 Å². The standard InChI is InChI=1S/C21H22FN5O/c1-27(2)13-12-23-21(28)18-14-19(24-17-10-8-16(22)9-11-17)26-20(25-18)15-6-4-3-5-7-15/h3-11,14H,12-13H2,1-2H3,(H,23,28)(H,24,25,26). The highest BCUT2D eigenvalue weighted by Crippen LogP contribution is 2.21. The second-order valence-corrected chi connectivity index (χ2v) is 6.52. The van der Waals surface area contributed by atoms with Crippen molar-refractivity contribution in [3.8, 4) is 11.4 Å². The molecule has 2 aromatic carbocycles. The van der Waals surface area contributed by atoms with E-state index in [-0.39, 0.29) is 17.4 Å². The molecular weight excluding hydrogens is 357 g/mol. The first-order valence-electron chi connectivity index (χ1n) is 8.91. The molecule has 0 aliphatic rings. The zero-order valence-corrected chi connectivity index (χ0v) is 15.8. The number of carbonyl (C=O) groups is 1. The normalized spacial score (nSPS) is 10.7. The Hall–Kier alpha value is -3.32. The zero-order chi connectivity index (χ0) is 19.9. The van der Waals surface area contributed by atoms with Gasteiger partial charge in [-0.2, -0.15) is 0 Å². The molecule has 0 bridgehead atoms. The molecule has 3 rings (SSSR count). The van der Waals surface area contributed by atoms with E-state index in [9.17, 15) is 9.18 Å². The molecule has 0 saturated carbocycles. The Balaban J connectivity index is 1.89. The number of hydrogen-bond acceptors (Lipinski definition) is 5. The fourth-order valence-electron chi connectivity index (χ4n) is 2.51. The largest absolute Gasteiger partial charge is 0.349 e. The van der Waals surface area contributed by atoms with Gasteiger partial charge in [-0.25, -0.2) is 14.4 Å². The number of nitrogens with zero attached hydrogens (tertiary/aromatic N) is 3. The van der Waals surface area contributed by atoms with Crippen LogP contribution in [-0.4, -0.2) is 48.0 Å². The second-order valence-electron chi connectivity index (χ2n) is 6.52. The summed E-state index contributed by atoms with van der Waals surface area (Å²) in [6.07, 6.45) is 0. The first kappa shape index (κ1) is 19.4. The summed E-state index contributed by atoms with van der Waals surface area (Å²) in [6.45, 7) is 1.24. The highest BCUT2D eigenvalue weighted by molar-refractivity contribution is 5.93. The van der Waals surface area contributed by atoms with E-state index in [1.807, 2.05) is 49.3 Å². The molecule has 0 aliphatic carbocycles. The fourth-order valence-corrected chi connectivity index (χ4v) is 2.51. The van der Waals surface area contributed by atoms with Gasteiger partial charge in [0.25, 0.3) is 5.91 Å². The Morgan fingerprint density at radius 1 is 1.04 bits per heavy atom.